The molecule has 3 heterocycles. The van der Waals surface area contributed by atoms with Crippen LogP contribution in [0.1, 0.15) is 65.6 Å². The maximum Gasteiger partial charge on any atom is 0.341 e. The number of hydrogen-bond donors (Lipinski definition) is 2. The van der Waals surface area contributed by atoms with E-state index in [9.17, 15) is 14.7 Å². The van der Waals surface area contributed by atoms with Gasteiger partial charge in [0.25, 0.3) is 5.56 Å². The summed E-state index contributed by atoms with van der Waals surface area (Å²) in [6, 6.07) is 9.75. The monoisotopic (exact) mass is 505 g/mol. The standard InChI is InChI=1S/C29H32FN3O4/c1-3-37-23-7-5-4-6-19(23)13-31-24-15-32(16-29(24)10-11-29)26-17(2)25-20(18-8-9-18)12-21(28(35)36)27(34)33(25)14-22(26)30/h4-7,12,14,18,24,31H,3,8-11,13,15-16H2,1-2H3,(H,35,36)/t24-/m1/s1. The van der Waals surface area contributed by atoms with Gasteiger partial charge in [0.1, 0.15) is 11.3 Å². The second-order valence-corrected chi connectivity index (χ2v) is 10.8. The molecule has 2 aromatic heterocycles. The number of fused-ring (bicyclic) bond motifs is 1. The summed E-state index contributed by atoms with van der Waals surface area (Å²) in [5.41, 5.74) is 2.93. The van der Waals surface area contributed by atoms with Crippen molar-refractivity contribution in [3.05, 3.63) is 75.0 Å². The highest BCUT2D eigenvalue weighted by Crippen LogP contribution is 2.54. The van der Waals surface area contributed by atoms with Crippen molar-refractivity contribution in [3.63, 3.8) is 0 Å². The zero-order valence-electron chi connectivity index (χ0n) is 21.2. The predicted octanol–water partition coefficient (Wildman–Crippen LogP) is 4.48. The van der Waals surface area contributed by atoms with Crippen LogP contribution >= 0.6 is 0 Å². The van der Waals surface area contributed by atoms with Crippen LogP contribution in [0.15, 0.2) is 41.3 Å². The summed E-state index contributed by atoms with van der Waals surface area (Å²) in [6.45, 7) is 6.54. The van der Waals surface area contributed by atoms with E-state index >= 15 is 4.39 Å². The molecule has 1 spiro atoms. The Morgan fingerprint density at radius 3 is 2.70 bits per heavy atom. The topological polar surface area (TPSA) is 83.3 Å². The Kier molecular flexibility index (Phi) is 5.75. The van der Waals surface area contributed by atoms with E-state index in [4.69, 9.17) is 4.74 Å². The van der Waals surface area contributed by atoms with Crippen molar-refractivity contribution in [1.29, 1.82) is 0 Å². The Labute approximate surface area is 214 Å². The molecule has 3 aromatic rings. The van der Waals surface area contributed by atoms with Crippen LogP contribution in [0.2, 0.25) is 0 Å². The molecule has 8 heteroatoms. The maximum absolute atomic E-state index is 15.7. The van der Waals surface area contributed by atoms with Gasteiger partial charge in [0.05, 0.1) is 24.0 Å². The molecule has 194 valence electrons. The molecule has 37 heavy (non-hydrogen) atoms. The lowest BCUT2D eigenvalue weighted by Gasteiger charge is -2.24. The van der Waals surface area contributed by atoms with Crippen molar-refractivity contribution in [2.24, 2.45) is 5.41 Å². The van der Waals surface area contributed by atoms with Crippen LogP contribution in [0.4, 0.5) is 10.1 Å². The fraction of sp³-hybridized carbons (Fsp3) is 0.448. The van der Waals surface area contributed by atoms with Gasteiger partial charge in [0, 0.05) is 36.7 Å². The number of pyridine rings is 2. The molecule has 1 saturated heterocycles. The minimum Gasteiger partial charge on any atom is -0.494 e. The molecule has 3 aliphatic rings. The average Bonchev–Trinajstić information content (AvgIpc) is 3.78. The van der Waals surface area contributed by atoms with Gasteiger partial charge >= 0.3 is 5.97 Å². The second-order valence-electron chi connectivity index (χ2n) is 10.8. The highest BCUT2D eigenvalue weighted by molar-refractivity contribution is 5.89. The van der Waals surface area contributed by atoms with Crippen LogP contribution in [-0.4, -0.2) is 41.2 Å². The first kappa shape index (κ1) is 24.0. The quantitative estimate of drug-likeness (QED) is 0.470. The second kappa shape index (κ2) is 8.87. The summed E-state index contributed by atoms with van der Waals surface area (Å²) in [5, 5.41) is 13.3. The summed E-state index contributed by atoms with van der Waals surface area (Å²) in [7, 11) is 0. The van der Waals surface area contributed by atoms with Crippen LogP contribution in [0.5, 0.6) is 5.75 Å². The van der Waals surface area contributed by atoms with Gasteiger partial charge in [0.2, 0.25) is 0 Å². The third-order valence-electron chi connectivity index (χ3n) is 8.36. The van der Waals surface area contributed by atoms with E-state index in [1.807, 2.05) is 32.0 Å². The number of hydrogen-bond acceptors (Lipinski definition) is 5. The minimum atomic E-state index is -1.28. The first-order valence-corrected chi connectivity index (χ1v) is 13.1. The third-order valence-corrected chi connectivity index (χ3v) is 8.36. The van der Waals surface area contributed by atoms with Gasteiger partial charge in [0.15, 0.2) is 5.82 Å². The first-order chi connectivity index (χ1) is 17.8. The van der Waals surface area contributed by atoms with Gasteiger partial charge in [-0.1, -0.05) is 18.2 Å². The predicted molar refractivity (Wildman–Crippen MR) is 139 cm³/mol. The van der Waals surface area contributed by atoms with Gasteiger partial charge in [-0.05, 0) is 68.7 Å². The van der Waals surface area contributed by atoms with Crippen molar-refractivity contribution in [2.75, 3.05) is 24.6 Å². The van der Waals surface area contributed by atoms with Crippen molar-refractivity contribution >= 4 is 17.2 Å². The lowest BCUT2D eigenvalue weighted by atomic mass is 10.0. The van der Waals surface area contributed by atoms with Gasteiger partial charge in [-0.15, -0.1) is 0 Å². The lowest BCUT2D eigenvalue weighted by molar-refractivity contribution is 0.0694. The average molecular weight is 506 g/mol. The third kappa shape index (κ3) is 4.07. The molecular formula is C29H32FN3O4. The molecule has 0 radical (unpaired) electrons. The summed E-state index contributed by atoms with van der Waals surface area (Å²) < 4.78 is 22.7. The zero-order chi connectivity index (χ0) is 25.9. The molecule has 6 rings (SSSR count). The molecule has 1 atom stereocenters. The van der Waals surface area contributed by atoms with E-state index in [2.05, 4.69) is 16.3 Å². The van der Waals surface area contributed by atoms with Gasteiger partial charge in [-0.2, -0.15) is 0 Å². The van der Waals surface area contributed by atoms with E-state index in [1.54, 1.807) is 0 Å². The van der Waals surface area contributed by atoms with Gasteiger partial charge in [-0.25, -0.2) is 9.18 Å². The zero-order valence-corrected chi connectivity index (χ0v) is 21.2. The number of aryl methyl sites for hydroxylation is 1. The number of aromatic carboxylic acids is 1. The number of rotatable bonds is 8. The van der Waals surface area contributed by atoms with E-state index in [0.29, 0.717) is 36.5 Å². The molecule has 0 bridgehead atoms. The van der Waals surface area contributed by atoms with Crippen LogP contribution in [0.25, 0.3) is 5.52 Å². The minimum absolute atomic E-state index is 0.109. The van der Waals surface area contributed by atoms with E-state index in [0.717, 1.165) is 49.1 Å². The van der Waals surface area contributed by atoms with Crippen molar-refractivity contribution in [1.82, 2.24) is 9.72 Å². The van der Waals surface area contributed by atoms with E-state index in [-0.39, 0.29) is 22.9 Å². The number of nitrogens with one attached hydrogen (secondary N) is 1. The smallest absolute Gasteiger partial charge is 0.341 e. The number of carboxylic acid groups (broad SMARTS) is 1. The van der Waals surface area contributed by atoms with E-state index < -0.39 is 17.3 Å². The number of aromatic nitrogens is 1. The molecule has 1 aliphatic heterocycles. The van der Waals surface area contributed by atoms with Crippen LogP contribution in [0, 0.1) is 18.2 Å². The molecular weight excluding hydrogens is 473 g/mol. The van der Waals surface area contributed by atoms with Crippen molar-refractivity contribution in [2.45, 2.75) is 58.0 Å². The Morgan fingerprint density at radius 2 is 2.03 bits per heavy atom. The van der Waals surface area contributed by atoms with Gasteiger partial charge in [-0.3, -0.25) is 9.20 Å². The molecule has 1 aromatic carbocycles. The number of carboxylic acids is 1. The van der Waals surface area contributed by atoms with E-state index in [1.165, 1.54) is 16.7 Å². The summed E-state index contributed by atoms with van der Waals surface area (Å²) in [5.74, 6) is -0.681. The fourth-order valence-corrected chi connectivity index (χ4v) is 6.16. The summed E-state index contributed by atoms with van der Waals surface area (Å²) in [6.07, 6.45) is 5.27. The molecule has 2 N–H and O–H groups in total. The number of carbonyl (C=O) groups is 1. The Morgan fingerprint density at radius 1 is 1.27 bits per heavy atom. The molecule has 2 saturated carbocycles. The number of benzene rings is 1. The largest absolute Gasteiger partial charge is 0.494 e. The Hall–Kier alpha value is -3.39. The number of para-hydroxylation sites is 1. The van der Waals surface area contributed by atoms with Gasteiger partial charge < -0.3 is 20.1 Å². The first-order valence-electron chi connectivity index (χ1n) is 13.1. The Balaban J connectivity index is 1.34. The normalized spacial score (nSPS) is 20.1. The summed E-state index contributed by atoms with van der Waals surface area (Å²) >= 11 is 0. The Bertz CT molecular complexity index is 1460. The molecule has 7 nitrogen and oxygen atoms in total. The maximum atomic E-state index is 15.7. The highest BCUT2D eigenvalue weighted by atomic mass is 19.1. The fourth-order valence-electron chi connectivity index (χ4n) is 6.16. The number of nitrogens with zero attached hydrogens (tertiary/aromatic N) is 2. The number of halogens is 1. The molecule has 3 fully saturated rings. The molecule has 0 amide bonds. The molecule has 2 aliphatic carbocycles. The SMILES string of the molecule is CCOc1ccccc1CN[C@@H]1CN(c2c(F)cn3c(=O)c(C(=O)O)cc(C4CC4)c3c2C)CC12CC2. The van der Waals surface area contributed by atoms with Crippen LogP contribution in [-0.2, 0) is 6.54 Å². The highest BCUT2D eigenvalue weighted by Gasteiger charge is 2.55. The lowest BCUT2D eigenvalue weighted by Crippen LogP contribution is -2.37. The van der Waals surface area contributed by atoms with Crippen molar-refractivity contribution < 1.29 is 19.0 Å². The summed E-state index contributed by atoms with van der Waals surface area (Å²) in [4.78, 5) is 26.8. The molecule has 0 unspecified atom stereocenters. The van der Waals surface area contributed by atoms with Crippen LogP contribution < -0.4 is 20.5 Å². The van der Waals surface area contributed by atoms with Crippen LogP contribution in [0.3, 0.4) is 0 Å². The number of anilines is 1. The number of ether oxygens (including phenoxy) is 1. The van der Waals surface area contributed by atoms with Crippen molar-refractivity contribution in [3.8, 4) is 5.75 Å².